The van der Waals surface area contributed by atoms with E-state index in [1.54, 1.807) is 32.0 Å². The SMILES string of the molecule is Cc1cc(-n2cc(F)cn2)c2cccc(OCc3c(Cl)cc(F)cc3[C@H](C)NC(=O)c3cnoc3C)c2n1. The first-order valence-corrected chi connectivity index (χ1v) is 12.0. The zero-order valence-electron chi connectivity index (χ0n) is 20.6. The minimum absolute atomic E-state index is 0.0264. The number of nitrogens with zero attached hydrogens (tertiary/aromatic N) is 4. The summed E-state index contributed by atoms with van der Waals surface area (Å²) in [6, 6.07) is 9.07. The van der Waals surface area contributed by atoms with Crippen LogP contribution in [0.3, 0.4) is 0 Å². The Kier molecular flexibility index (Phi) is 6.81. The molecule has 0 spiro atoms. The van der Waals surface area contributed by atoms with E-state index >= 15 is 0 Å². The molecule has 5 aromatic rings. The minimum Gasteiger partial charge on any atom is -0.487 e. The van der Waals surface area contributed by atoms with Gasteiger partial charge in [0.25, 0.3) is 5.91 Å². The van der Waals surface area contributed by atoms with Gasteiger partial charge in [-0.2, -0.15) is 5.10 Å². The fraction of sp³-hybridized carbons (Fsp3) is 0.185. The van der Waals surface area contributed by atoms with Crippen molar-refractivity contribution in [2.45, 2.75) is 33.4 Å². The third-order valence-electron chi connectivity index (χ3n) is 6.08. The molecular formula is C27H22ClF2N5O3. The molecule has 8 nitrogen and oxygen atoms in total. The maximum Gasteiger partial charge on any atom is 0.256 e. The normalized spacial score (nSPS) is 12.1. The molecule has 0 aliphatic carbocycles. The number of halogens is 3. The summed E-state index contributed by atoms with van der Waals surface area (Å²) in [5, 5.41) is 11.4. The number of rotatable bonds is 7. The van der Waals surface area contributed by atoms with E-state index < -0.39 is 23.6 Å². The highest BCUT2D eigenvalue weighted by Crippen LogP contribution is 2.32. The van der Waals surface area contributed by atoms with Crippen LogP contribution in [-0.2, 0) is 6.61 Å². The number of fused-ring (bicyclic) bond motifs is 1. The zero-order valence-corrected chi connectivity index (χ0v) is 21.4. The van der Waals surface area contributed by atoms with Gasteiger partial charge in [0.2, 0.25) is 0 Å². The number of ether oxygens (including phenoxy) is 1. The molecule has 1 amide bonds. The first kappa shape index (κ1) is 25.3. The van der Waals surface area contributed by atoms with Gasteiger partial charge in [-0.25, -0.2) is 18.4 Å². The number of para-hydroxylation sites is 1. The highest BCUT2D eigenvalue weighted by molar-refractivity contribution is 6.31. The minimum atomic E-state index is -0.613. The van der Waals surface area contributed by atoms with Crippen LogP contribution < -0.4 is 10.1 Å². The molecule has 0 unspecified atom stereocenters. The van der Waals surface area contributed by atoms with Crippen LogP contribution in [0, 0.1) is 25.5 Å². The van der Waals surface area contributed by atoms with E-state index in [9.17, 15) is 13.6 Å². The number of nitrogens with one attached hydrogen (secondary N) is 1. The molecule has 0 fully saturated rings. The molecule has 0 aliphatic rings. The van der Waals surface area contributed by atoms with Crippen molar-refractivity contribution in [3.8, 4) is 11.4 Å². The quantitative estimate of drug-likeness (QED) is 0.272. The van der Waals surface area contributed by atoms with Crippen LogP contribution in [0.2, 0.25) is 5.02 Å². The second-order valence-electron chi connectivity index (χ2n) is 8.77. The van der Waals surface area contributed by atoms with Crippen LogP contribution in [0.1, 0.15) is 45.9 Å². The number of carbonyl (C=O) groups is 1. The van der Waals surface area contributed by atoms with Gasteiger partial charge in [0.05, 0.1) is 35.3 Å². The van der Waals surface area contributed by atoms with E-state index in [-0.39, 0.29) is 17.2 Å². The number of pyridine rings is 1. The Morgan fingerprint density at radius 1 is 1.18 bits per heavy atom. The fourth-order valence-electron chi connectivity index (χ4n) is 4.25. The molecule has 38 heavy (non-hydrogen) atoms. The number of hydrogen-bond donors (Lipinski definition) is 1. The van der Waals surface area contributed by atoms with Gasteiger partial charge < -0.3 is 14.6 Å². The fourth-order valence-corrected chi connectivity index (χ4v) is 4.52. The summed E-state index contributed by atoms with van der Waals surface area (Å²) in [5.41, 5.74) is 3.10. The number of carbonyl (C=O) groups excluding carboxylic acids is 1. The molecule has 0 aliphatic heterocycles. The van der Waals surface area contributed by atoms with E-state index in [0.29, 0.717) is 44.9 Å². The topological polar surface area (TPSA) is 95.1 Å². The largest absolute Gasteiger partial charge is 0.487 e. The van der Waals surface area contributed by atoms with Gasteiger partial charge in [0, 0.05) is 16.6 Å². The van der Waals surface area contributed by atoms with Crippen molar-refractivity contribution in [1.29, 1.82) is 0 Å². The average Bonchev–Trinajstić information content (AvgIpc) is 3.50. The number of aromatic nitrogens is 4. The lowest BCUT2D eigenvalue weighted by Gasteiger charge is -2.20. The van der Waals surface area contributed by atoms with E-state index in [2.05, 4.69) is 20.6 Å². The van der Waals surface area contributed by atoms with Crippen LogP contribution in [0.4, 0.5) is 8.78 Å². The highest BCUT2D eigenvalue weighted by atomic mass is 35.5. The lowest BCUT2D eigenvalue weighted by atomic mass is 10.0. The third kappa shape index (κ3) is 4.95. The van der Waals surface area contributed by atoms with Crippen molar-refractivity contribution in [3.63, 3.8) is 0 Å². The molecule has 0 saturated carbocycles. The van der Waals surface area contributed by atoms with Crippen LogP contribution in [-0.4, -0.2) is 25.8 Å². The van der Waals surface area contributed by atoms with Crippen LogP contribution >= 0.6 is 11.6 Å². The Hall–Kier alpha value is -4.31. The van der Waals surface area contributed by atoms with Gasteiger partial charge in [0.1, 0.15) is 35.0 Å². The summed E-state index contributed by atoms with van der Waals surface area (Å²) in [5.74, 6) is -0.608. The van der Waals surface area contributed by atoms with E-state index in [1.165, 1.54) is 29.2 Å². The predicted molar refractivity (Wildman–Crippen MR) is 136 cm³/mol. The molecule has 5 rings (SSSR count). The number of hydrogen-bond acceptors (Lipinski definition) is 6. The van der Waals surface area contributed by atoms with Gasteiger partial charge in [-0.05, 0) is 50.6 Å². The van der Waals surface area contributed by atoms with Crippen molar-refractivity contribution in [2.75, 3.05) is 0 Å². The predicted octanol–water partition coefficient (Wildman–Crippen LogP) is 6.03. The summed E-state index contributed by atoms with van der Waals surface area (Å²) in [4.78, 5) is 17.3. The van der Waals surface area contributed by atoms with Crippen molar-refractivity contribution < 1.29 is 22.8 Å². The molecule has 2 aromatic carbocycles. The molecule has 0 radical (unpaired) electrons. The Labute approximate surface area is 221 Å². The summed E-state index contributed by atoms with van der Waals surface area (Å²) in [6.45, 7) is 5.13. The molecule has 1 N–H and O–H groups in total. The van der Waals surface area contributed by atoms with Gasteiger partial charge in [-0.1, -0.05) is 28.9 Å². The smallest absolute Gasteiger partial charge is 0.256 e. The van der Waals surface area contributed by atoms with E-state index in [4.69, 9.17) is 20.9 Å². The van der Waals surface area contributed by atoms with Crippen molar-refractivity contribution >= 4 is 28.4 Å². The molecule has 3 aromatic heterocycles. The highest BCUT2D eigenvalue weighted by Gasteiger charge is 2.21. The molecule has 11 heteroatoms. The summed E-state index contributed by atoms with van der Waals surface area (Å²) < 4.78 is 40.6. The molecule has 194 valence electrons. The Balaban J connectivity index is 1.47. The van der Waals surface area contributed by atoms with Crippen LogP contribution in [0.5, 0.6) is 5.75 Å². The van der Waals surface area contributed by atoms with E-state index in [0.717, 1.165) is 6.20 Å². The van der Waals surface area contributed by atoms with Gasteiger partial charge in [0.15, 0.2) is 5.82 Å². The molecule has 3 heterocycles. The molecule has 0 saturated heterocycles. The maximum atomic E-state index is 14.4. The molecule has 1 atom stereocenters. The van der Waals surface area contributed by atoms with Crippen molar-refractivity contribution in [3.05, 3.63) is 99.8 Å². The van der Waals surface area contributed by atoms with Crippen LogP contribution in [0.25, 0.3) is 16.6 Å². The number of amides is 1. The molecular weight excluding hydrogens is 516 g/mol. The number of benzene rings is 2. The van der Waals surface area contributed by atoms with E-state index in [1.807, 2.05) is 13.0 Å². The summed E-state index contributed by atoms with van der Waals surface area (Å²) in [6.07, 6.45) is 3.73. The molecule has 0 bridgehead atoms. The Morgan fingerprint density at radius 2 is 2.00 bits per heavy atom. The van der Waals surface area contributed by atoms with Crippen LogP contribution in [0.15, 0.2) is 59.5 Å². The van der Waals surface area contributed by atoms with Crippen molar-refractivity contribution in [1.82, 2.24) is 25.2 Å². The average molecular weight is 538 g/mol. The summed E-state index contributed by atoms with van der Waals surface area (Å²) >= 11 is 6.44. The summed E-state index contributed by atoms with van der Waals surface area (Å²) in [7, 11) is 0. The Morgan fingerprint density at radius 3 is 2.71 bits per heavy atom. The van der Waals surface area contributed by atoms with Gasteiger partial charge in [-0.3, -0.25) is 4.79 Å². The lowest BCUT2D eigenvalue weighted by Crippen LogP contribution is -2.28. The first-order valence-electron chi connectivity index (χ1n) is 11.6. The van der Waals surface area contributed by atoms with Crippen molar-refractivity contribution in [2.24, 2.45) is 0 Å². The second-order valence-corrected chi connectivity index (χ2v) is 9.18. The lowest BCUT2D eigenvalue weighted by molar-refractivity contribution is 0.0938. The Bertz CT molecular complexity index is 1670. The van der Waals surface area contributed by atoms with Gasteiger partial charge >= 0.3 is 0 Å². The first-order chi connectivity index (χ1) is 18.2. The monoisotopic (exact) mass is 537 g/mol. The zero-order chi connectivity index (χ0) is 27.0. The second kappa shape index (κ2) is 10.2. The third-order valence-corrected chi connectivity index (χ3v) is 6.42. The van der Waals surface area contributed by atoms with Gasteiger partial charge in [-0.15, -0.1) is 0 Å². The number of aryl methyl sites for hydroxylation is 2. The standard InChI is InChI=1S/C27H22ClF2N5O3/c1-14-7-24(35-12-18(30)10-31-35)19-5-4-6-25(26(19)33-14)37-13-22-20(8-17(29)9-23(22)28)15(2)34-27(36)21-11-32-38-16(21)3/h4-12,15H,13H2,1-3H3,(H,34,36)/t15-/m0/s1. The maximum absolute atomic E-state index is 14.4.